The molecule has 0 spiro atoms. The summed E-state index contributed by atoms with van der Waals surface area (Å²) in [5, 5.41) is 13.8. The Bertz CT molecular complexity index is 855. The van der Waals surface area contributed by atoms with Gasteiger partial charge in [-0.25, -0.2) is 4.39 Å². The summed E-state index contributed by atoms with van der Waals surface area (Å²) in [6.07, 6.45) is 1.63. The highest BCUT2D eigenvalue weighted by molar-refractivity contribution is 6.31. The van der Waals surface area contributed by atoms with Crippen molar-refractivity contribution in [1.29, 1.82) is 0 Å². The van der Waals surface area contributed by atoms with Gasteiger partial charge in [0.15, 0.2) is 11.5 Å². The second kappa shape index (κ2) is 5.69. The number of phenolic OH excluding ortho intramolecular Hbond substituents is 1. The third-order valence-electron chi connectivity index (χ3n) is 3.24. The van der Waals surface area contributed by atoms with E-state index >= 15 is 0 Å². The number of ether oxygens (including phenoxy) is 1. The molecule has 0 aliphatic carbocycles. The van der Waals surface area contributed by atoms with Crippen LogP contribution in [0.2, 0.25) is 5.02 Å². The van der Waals surface area contributed by atoms with Gasteiger partial charge < -0.3 is 15.2 Å². The Morgan fingerprint density at radius 1 is 1.23 bits per heavy atom. The minimum atomic E-state index is -0.478. The van der Waals surface area contributed by atoms with Gasteiger partial charge in [-0.3, -0.25) is 4.98 Å². The minimum absolute atomic E-state index is 0.0168. The van der Waals surface area contributed by atoms with Crippen molar-refractivity contribution in [1.82, 2.24) is 4.98 Å². The average Bonchev–Trinajstić information content (AvgIpc) is 2.51. The fourth-order valence-electron chi connectivity index (χ4n) is 2.16. The van der Waals surface area contributed by atoms with Crippen LogP contribution in [0, 0.1) is 5.82 Å². The van der Waals surface area contributed by atoms with Crippen LogP contribution in [0.15, 0.2) is 42.6 Å². The molecule has 1 aromatic heterocycles. The third kappa shape index (κ3) is 2.63. The largest absolute Gasteiger partial charge is 0.504 e. The van der Waals surface area contributed by atoms with E-state index in [0.717, 1.165) is 0 Å². The van der Waals surface area contributed by atoms with Gasteiger partial charge in [0, 0.05) is 29.0 Å². The minimum Gasteiger partial charge on any atom is -0.504 e. The van der Waals surface area contributed by atoms with E-state index in [2.05, 4.69) is 10.3 Å². The summed E-state index contributed by atoms with van der Waals surface area (Å²) in [6.45, 7) is 0. The molecular weight excluding hydrogens is 307 g/mol. The van der Waals surface area contributed by atoms with Gasteiger partial charge in [0.1, 0.15) is 5.82 Å². The van der Waals surface area contributed by atoms with Crippen molar-refractivity contribution in [3.8, 4) is 11.5 Å². The molecule has 0 bridgehead atoms. The maximum Gasteiger partial charge on any atom is 0.162 e. The number of rotatable bonds is 3. The van der Waals surface area contributed by atoms with Crippen LogP contribution < -0.4 is 10.1 Å². The fraction of sp³-hybridized carbons (Fsp3) is 0.0625. The Kier molecular flexibility index (Phi) is 3.73. The molecule has 0 atom stereocenters. The first kappa shape index (κ1) is 14.4. The summed E-state index contributed by atoms with van der Waals surface area (Å²) in [5.74, 6) is -0.112. The first-order valence-electron chi connectivity index (χ1n) is 6.46. The monoisotopic (exact) mass is 318 g/mol. The summed E-state index contributed by atoms with van der Waals surface area (Å²) >= 11 is 5.78. The van der Waals surface area contributed by atoms with Gasteiger partial charge in [-0.2, -0.15) is 0 Å². The Labute approximate surface area is 131 Å². The Morgan fingerprint density at radius 2 is 2.05 bits per heavy atom. The maximum absolute atomic E-state index is 13.2. The number of hydrogen-bond donors (Lipinski definition) is 2. The van der Waals surface area contributed by atoms with Crippen molar-refractivity contribution in [3.63, 3.8) is 0 Å². The normalized spacial score (nSPS) is 10.7. The topological polar surface area (TPSA) is 54.4 Å². The predicted octanol–water partition coefficient (Wildman–Crippen LogP) is 4.49. The number of nitrogens with one attached hydrogen (secondary N) is 1. The number of nitrogens with zero attached hydrogens (tertiary/aromatic N) is 1. The summed E-state index contributed by atoms with van der Waals surface area (Å²) in [4.78, 5) is 4.25. The number of methoxy groups -OCH3 is 1. The molecule has 0 radical (unpaired) electrons. The number of aromatic nitrogens is 1. The quantitative estimate of drug-likeness (QED) is 0.747. The molecular formula is C16H12ClFN2O2. The van der Waals surface area contributed by atoms with Crippen LogP contribution in [0.3, 0.4) is 0 Å². The molecule has 0 saturated heterocycles. The molecule has 0 aliphatic rings. The van der Waals surface area contributed by atoms with Crippen molar-refractivity contribution in [3.05, 3.63) is 53.4 Å². The molecule has 2 N–H and O–H groups in total. The van der Waals surface area contributed by atoms with Crippen molar-refractivity contribution in [2.45, 2.75) is 0 Å². The number of phenols is 1. The van der Waals surface area contributed by atoms with Crippen molar-refractivity contribution in [2.24, 2.45) is 0 Å². The molecule has 2 aromatic carbocycles. The molecule has 0 unspecified atom stereocenters. The molecule has 4 nitrogen and oxygen atoms in total. The molecule has 3 aromatic rings. The zero-order valence-corrected chi connectivity index (χ0v) is 12.4. The Morgan fingerprint density at radius 3 is 2.77 bits per heavy atom. The number of hydrogen-bond acceptors (Lipinski definition) is 4. The lowest BCUT2D eigenvalue weighted by Crippen LogP contribution is -1.94. The lowest BCUT2D eigenvalue weighted by Gasteiger charge is -2.11. The van der Waals surface area contributed by atoms with E-state index in [1.807, 2.05) is 0 Å². The van der Waals surface area contributed by atoms with E-state index in [1.165, 1.54) is 19.2 Å². The van der Waals surface area contributed by atoms with Crippen LogP contribution in [0.5, 0.6) is 11.5 Å². The molecule has 3 rings (SSSR count). The van der Waals surface area contributed by atoms with Crippen molar-refractivity contribution in [2.75, 3.05) is 12.4 Å². The standard InChI is InChI=1S/C16H12ClFN2O2/c1-22-16-8-14-10(7-15(16)21)13(4-5-19-14)20-9-2-3-12(18)11(17)6-9/h2-8,21H,1H3,(H,19,20). The molecule has 0 fully saturated rings. The van der Waals surface area contributed by atoms with E-state index in [0.29, 0.717) is 28.0 Å². The van der Waals surface area contributed by atoms with Crippen LogP contribution in [0.1, 0.15) is 0 Å². The van der Waals surface area contributed by atoms with Gasteiger partial charge in [0.25, 0.3) is 0 Å². The van der Waals surface area contributed by atoms with Crippen LogP contribution >= 0.6 is 11.6 Å². The summed E-state index contributed by atoms with van der Waals surface area (Å²) < 4.78 is 18.3. The number of halogens is 2. The highest BCUT2D eigenvalue weighted by Gasteiger charge is 2.09. The van der Waals surface area contributed by atoms with E-state index in [9.17, 15) is 9.50 Å². The SMILES string of the molecule is COc1cc2nccc(Nc3ccc(F)c(Cl)c3)c2cc1O. The van der Waals surface area contributed by atoms with Crippen molar-refractivity contribution >= 4 is 33.9 Å². The fourth-order valence-corrected chi connectivity index (χ4v) is 2.34. The lowest BCUT2D eigenvalue weighted by atomic mass is 10.1. The maximum atomic E-state index is 13.2. The van der Waals surface area contributed by atoms with E-state index < -0.39 is 5.82 Å². The number of anilines is 2. The molecule has 6 heteroatoms. The first-order chi connectivity index (χ1) is 10.6. The highest BCUT2D eigenvalue weighted by Crippen LogP contribution is 2.34. The number of pyridine rings is 1. The number of benzene rings is 2. The van der Waals surface area contributed by atoms with Crippen LogP contribution in [-0.4, -0.2) is 17.2 Å². The zero-order chi connectivity index (χ0) is 15.7. The summed E-state index contributed by atoms with van der Waals surface area (Å²) in [7, 11) is 1.48. The van der Waals surface area contributed by atoms with Gasteiger partial charge in [-0.05, 0) is 30.3 Å². The highest BCUT2D eigenvalue weighted by atomic mass is 35.5. The third-order valence-corrected chi connectivity index (χ3v) is 3.53. The van der Waals surface area contributed by atoms with E-state index in [4.69, 9.17) is 16.3 Å². The molecule has 0 amide bonds. The number of fused-ring (bicyclic) bond motifs is 1. The second-order valence-electron chi connectivity index (χ2n) is 4.65. The van der Waals surface area contributed by atoms with Crippen LogP contribution in [0.4, 0.5) is 15.8 Å². The average molecular weight is 319 g/mol. The summed E-state index contributed by atoms with van der Waals surface area (Å²) in [6, 6.07) is 9.32. The predicted molar refractivity (Wildman–Crippen MR) is 84.7 cm³/mol. The van der Waals surface area contributed by atoms with Gasteiger partial charge in [-0.1, -0.05) is 11.6 Å². The molecule has 22 heavy (non-hydrogen) atoms. The molecule has 1 heterocycles. The zero-order valence-electron chi connectivity index (χ0n) is 11.6. The summed E-state index contributed by atoms with van der Waals surface area (Å²) in [5.41, 5.74) is 2.01. The van der Waals surface area contributed by atoms with Crippen LogP contribution in [-0.2, 0) is 0 Å². The first-order valence-corrected chi connectivity index (χ1v) is 6.84. The lowest BCUT2D eigenvalue weighted by molar-refractivity contribution is 0.374. The Balaban J connectivity index is 2.06. The van der Waals surface area contributed by atoms with Gasteiger partial charge in [0.2, 0.25) is 0 Å². The molecule has 0 saturated carbocycles. The second-order valence-corrected chi connectivity index (χ2v) is 5.06. The van der Waals surface area contributed by atoms with Gasteiger partial charge in [0.05, 0.1) is 17.6 Å². The molecule has 112 valence electrons. The van der Waals surface area contributed by atoms with Crippen molar-refractivity contribution < 1.29 is 14.2 Å². The smallest absolute Gasteiger partial charge is 0.162 e. The van der Waals surface area contributed by atoms with Gasteiger partial charge >= 0.3 is 0 Å². The van der Waals surface area contributed by atoms with Crippen LogP contribution in [0.25, 0.3) is 10.9 Å². The molecule has 0 aliphatic heterocycles. The van der Waals surface area contributed by atoms with Gasteiger partial charge in [-0.15, -0.1) is 0 Å². The Hall–Kier alpha value is -2.53. The van der Waals surface area contributed by atoms with E-state index in [1.54, 1.807) is 30.5 Å². The van der Waals surface area contributed by atoms with E-state index in [-0.39, 0.29) is 10.8 Å². The number of aromatic hydroxyl groups is 1.